The van der Waals surface area contributed by atoms with Crippen LogP contribution in [0.5, 0.6) is 0 Å². The fourth-order valence-electron chi connectivity index (χ4n) is 1.46. The number of nitrogens with two attached hydrogens (primary N) is 1. The zero-order chi connectivity index (χ0) is 13.8. The first kappa shape index (κ1) is 14.3. The van der Waals surface area contributed by atoms with Crippen molar-refractivity contribution in [1.29, 1.82) is 0 Å². The molecule has 1 aromatic carbocycles. The zero-order valence-electron chi connectivity index (χ0n) is 11.0. The third kappa shape index (κ3) is 3.92. The lowest BCUT2D eigenvalue weighted by molar-refractivity contribution is 0.0573. The number of para-hydroxylation sites is 2. The van der Waals surface area contributed by atoms with Crippen LogP contribution in [-0.2, 0) is 4.74 Å². The Morgan fingerprint density at radius 3 is 2.50 bits per heavy atom. The SMILES string of the molecule is CC(C)(C)OC(=O)N(CCO)c1ccccc1N. The molecule has 0 fully saturated rings. The van der Waals surface area contributed by atoms with Crippen LogP contribution in [0.2, 0.25) is 0 Å². The molecule has 5 nitrogen and oxygen atoms in total. The van der Waals surface area contributed by atoms with Gasteiger partial charge in [0.2, 0.25) is 0 Å². The van der Waals surface area contributed by atoms with E-state index in [1.165, 1.54) is 4.90 Å². The predicted octanol–water partition coefficient (Wildman–Crippen LogP) is 2.00. The van der Waals surface area contributed by atoms with Crippen molar-refractivity contribution in [1.82, 2.24) is 0 Å². The Hall–Kier alpha value is -1.75. The molecule has 0 aliphatic heterocycles. The van der Waals surface area contributed by atoms with Gasteiger partial charge in [0, 0.05) is 0 Å². The minimum Gasteiger partial charge on any atom is -0.443 e. The highest BCUT2D eigenvalue weighted by molar-refractivity contribution is 5.91. The van der Waals surface area contributed by atoms with Gasteiger partial charge in [0.25, 0.3) is 0 Å². The van der Waals surface area contributed by atoms with Gasteiger partial charge in [-0.05, 0) is 32.9 Å². The number of amides is 1. The summed E-state index contributed by atoms with van der Waals surface area (Å²) in [7, 11) is 0. The van der Waals surface area contributed by atoms with Crippen molar-refractivity contribution >= 4 is 17.5 Å². The van der Waals surface area contributed by atoms with Crippen LogP contribution >= 0.6 is 0 Å². The first-order chi connectivity index (χ1) is 8.35. The lowest BCUT2D eigenvalue weighted by atomic mass is 10.2. The molecule has 0 atom stereocenters. The standard InChI is InChI=1S/C13H20N2O3/c1-13(2,3)18-12(17)15(8-9-16)11-7-5-4-6-10(11)14/h4-7,16H,8-9,14H2,1-3H3. The summed E-state index contributed by atoms with van der Waals surface area (Å²) in [5.74, 6) is 0. The van der Waals surface area contributed by atoms with Crippen molar-refractivity contribution in [3.8, 4) is 0 Å². The number of aliphatic hydroxyl groups excluding tert-OH is 1. The number of rotatable bonds is 3. The number of nitrogen functional groups attached to an aromatic ring is 1. The van der Waals surface area contributed by atoms with E-state index in [4.69, 9.17) is 15.6 Å². The van der Waals surface area contributed by atoms with Crippen molar-refractivity contribution in [2.45, 2.75) is 26.4 Å². The third-order valence-corrected chi connectivity index (χ3v) is 2.17. The number of carbonyl (C=O) groups excluding carboxylic acids is 1. The summed E-state index contributed by atoms with van der Waals surface area (Å²) in [6.07, 6.45) is -0.519. The molecule has 0 aliphatic carbocycles. The van der Waals surface area contributed by atoms with E-state index >= 15 is 0 Å². The van der Waals surface area contributed by atoms with Crippen molar-refractivity contribution in [2.24, 2.45) is 0 Å². The summed E-state index contributed by atoms with van der Waals surface area (Å²) < 4.78 is 5.28. The molecule has 0 heterocycles. The van der Waals surface area contributed by atoms with E-state index in [-0.39, 0.29) is 13.2 Å². The molecule has 1 amide bonds. The Balaban J connectivity index is 2.96. The topological polar surface area (TPSA) is 75.8 Å². The smallest absolute Gasteiger partial charge is 0.414 e. The van der Waals surface area contributed by atoms with Crippen LogP contribution in [0.1, 0.15) is 20.8 Å². The molecule has 5 heteroatoms. The highest BCUT2D eigenvalue weighted by Gasteiger charge is 2.24. The highest BCUT2D eigenvalue weighted by atomic mass is 16.6. The average molecular weight is 252 g/mol. The van der Waals surface area contributed by atoms with Crippen LogP contribution in [0, 0.1) is 0 Å². The minimum absolute atomic E-state index is 0.142. The molecule has 100 valence electrons. The number of hydrogen-bond acceptors (Lipinski definition) is 4. The molecule has 0 unspecified atom stereocenters. The Labute approximate surface area is 107 Å². The molecule has 0 spiro atoms. The van der Waals surface area contributed by atoms with Gasteiger partial charge in [-0.15, -0.1) is 0 Å². The Morgan fingerprint density at radius 1 is 1.39 bits per heavy atom. The highest BCUT2D eigenvalue weighted by Crippen LogP contribution is 2.24. The van der Waals surface area contributed by atoms with Crippen LogP contribution in [-0.4, -0.2) is 30.0 Å². The maximum absolute atomic E-state index is 12.0. The van der Waals surface area contributed by atoms with Crippen molar-refractivity contribution in [3.63, 3.8) is 0 Å². The predicted molar refractivity (Wildman–Crippen MR) is 71.5 cm³/mol. The number of anilines is 2. The van der Waals surface area contributed by atoms with Crippen LogP contribution in [0.3, 0.4) is 0 Å². The zero-order valence-corrected chi connectivity index (χ0v) is 11.0. The summed E-state index contributed by atoms with van der Waals surface area (Å²) in [4.78, 5) is 13.4. The summed E-state index contributed by atoms with van der Waals surface area (Å²) >= 11 is 0. The Kier molecular flexibility index (Phi) is 4.55. The number of nitrogens with zero attached hydrogens (tertiary/aromatic N) is 1. The van der Waals surface area contributed by atoms with E-state index in [9.17, 15) is 4.79 Å². The van der Waals surface area contributed by atoms with Gasteiger partial charge in [-0.3, -0.25) is 4.90 Å². The van der Waals surface area contributed by atoms with Crippen LogP contribution in [0.25, 0.3) is 0 Å². The normalized spacial score (nSPS) is 11.1. The summed E-state index contributed by atoms with van der Waals surface area (Å²) in [6, 6.07) is 6.98. The molecule has 0 saturated heterocycles. The van der Waals surface area contributed by atoms with Crippen molar-refractivity contribution < 1.29 is 14.6 Å². The van der Waals surface area contributed by atoms with E-state index in [2.05, 4.69) is 0 Å². The van der Waals surface area contributed by atoms with Gasteiger partial charge in [0.1, 0.15) is 5.60 Å². The number of carbonyl (C=O) groups is 1. The van der Waals surface area contributed by atoms with Gasteiger partial charge in [-0.25, -0.2) is 4.79 Å². The first-order valence-electron chi connectivity index (χ1n) is 5.81. The molecule has 1 rings (SSSR count). The summed E-state index contributed by atoms with van der Waals surface area (Å²) in [6.45, 7) is 5.35. The van der Waals surface area contributed by atoms with Gasteiger partial charge >= 0.3 is 6.09 Å². The Bertz CT molecular complexity index is 413. The second-order valence-corrected chi connectivity index (χ2v) is 4.91. The second kappa shape index (κ2) is 5.73. The maximum atomic E-state index is 12.0. The fourth-order valence-corrected chi connectivity index (χ4v) is 1.46. The first-order valence-corrected chi connectivity index (χ1v) is 5.81. The molecule has 1 aromatic rings. The van der Waals surface area contributed by atoms with E-state index < -0.39 is 11.7 Å². The number of aliphatic hydroxyl groups is 1. The van der Waals surface area contributed by atoms with Gasteiger partial charge in [0.15, 0.2) is 0 Å². The van der Waals surface area contributed by atoms with E-state index in [0.29, 0.717) is 11.4 Å². The van der Waals surface area contributed by atoms with E-state index in [0.717, 1.165) is 0 Å². The van der Waals surface area contributed by atoms with Gasteiger partial charge in [-0.1, -0.05) is 12.1 Å². The molecule has 0 bridgehead atoms. The largest absolute Gasteiger partial charge is 0.443 e. The maximum Gasteiger partial charge on any atom is 0.414 e. The van der Waals surface area contributed by atoms with Gasteiger partial charge in [0.05, 0.1) is 24.5 Å². The fraction of sp³-hybridized carbons (Fsp3) is 0.462. The lowest BCUT2D eigenvalue weighted by Crippen LogP contribution is -2.38. The molecule has 0 radical (unpaired) electrons. The van der Waals surface area contributed by atoms with Crippen molar-refractivity contribution in [3.05, 3.63) is 24.3 Å². The summed E-state index contributed by atoms with van der Waals surface area (Å²) in [5, 5.41) is 9.05. The number of hydrogen-bond donors (Lipinski definition) is 2. The second-order valence-electron chi connectivity index (χ2n) is 4.91. The van der Waals surface area contributed by atoms with E-state index in [1.807, 2.05) is 0 Å². The van der Waals surface area contributed by atoms with Crippen molar-refractivity contribution in [2.75, 3.05) is 23.8 Å². The number of benzene rings is 1. The third-order valence-electron chi connectivity index (χ3n) is 2.17. The molecule has 3 N–H and O–H groups in total. The van der Waals surface area contributed by atoms with Crippen LogP contribution < -0.4 is 10.6 Å². The lowest BCUT2D eigenvalue weighted by Gasteiger charge is -2.27. The Morgan fingerprint density at radius 2 is 2.00 bits per heavy atom. The number of ether oxygens (including phenoxy) is 1. The molecule has 0 aliphatic rings. The minimum atomic E-state index is -0.589. The average Bonchev–Trinajstić information content (AvgIpc) is 2.24. The molecule has 0 saturated carbocycles. The molecular weight excluding hydrogens is 232 g/mol. The molecular formula is C13H20N2O3. The summed E-state index contributed by atoms with van der Waals surface area (Å²) in [5.41, 5.74) is 6.24. The van der Waals surface area contributed by atoms with Crippen LogP contribution in [0.15, 0.2) is 24.3 Å². The monoisotopic (exact) mass is 252 g/mol. The molecule has 18 heavy (non-hydrogen) atoms. The van der Waals surface area contributed by atoms with E-state index in [1.54, 1.807) is 45.0 Å². The molecule has 0 aromatic heterocycles. The van der Waals surface area contributed by atoms with Gasteiger partial charge in [-0.2, -0.15) is 0 Å². The van der Waals surface area contributed by atoms with Gasteiger partial charge < -0.3 is 15.6 Å². The van der Waals surface area contributed by atoms with Crippen LogP contribution in [0.4, 0.5) is 16.2 Å². The quantitative estimate of drug-likeness (QED) is 0.807.